The highest BCUT2D eigenvalue weighted by Crippen LogP contribution is 2.44. The number of nitrogens with one attached hydrogen (secondary N) is 2. The van der Waals surface area contributed by atoms with Crippen LogP contribution in [-0.2, 0) is 24.3 Å². The van der Waals surface area contributed by atoms with Crippen molar-refractivity contribution in [2.45, 2.75) is 70.5 Å². The van der Waals surface area contributed by atoms with Crippen LogP contribution in [0.4, 0.5) is 0 Å². The summed E-state index contributed by atoms with van der Waals surface area (Å²) in [7, 11) is -3.40. The van der Waals surface area contributed by atoms with Crippen molar-refractivity contribution in [1.29, 1.82) is 0 Å². The van der Waals surface area contributed by atoms with Crippen molar-refractivity contribution in [3.63, 3.8) is 0 Å². The highest BCUT2D eigenvalue weighted by Gasteiger charge is 2.47. The number of rotatable bonds is 14. The normalized spacial score (nSPS) is 26.2. The number of amides is 1. The Bertz CT molecular complexity index is 678. The summed E-state index contributed by atoms with van der Waals surface area (Å²) in [5.41, 5.74) is 0. The predicted octanol–water partition coefficient (Wildman–Crippen LogP) is 1.82. The smallest absolute Gasteiger partial charge is 0.303 e. The van der Waals surface area contributed by atoms with Crippen LogP contribution in [0.25, 0.3) is 0 Å². The lowest BCUT2D eigenvalue weighted by molar-refractivity contribution is -0.137. The molecule has 8 nitrogen and oxygen atoms in total. The average Bonchev–Trinajstić information content (AvgIpc) is 3.27. The molecule has 1 amide bonds. The van der Waals surface area contributed by atoms with Crippen molar-refractivity contribution in [3.8, 4) is 0 Å². The first kappa shape index (κ1) is 23.8. The lowest BCUT2D eigenvalue weighted by Gasteiger charge is -2.27. The monoisotopic (exact) mass is 430 g/mol. The Hall–Kier alpha value is -1.45. The third-order valence-electron chi connectivity index (χ3n) is 5.68. The molecular formula is C20H34N2O6S. The van der Waals surface area contributed by atoms with Crippen molar-refractivity contribution in [2.75, 3.05) is 18.8 Å². The van der Waals surface area contributed by atoms with E-state index in [1.165, 1.54) is 0 Å². The van der Waals surface area contributed by atoms with Crippen molar-refractivity contribution in [2.24, 2.45) is 11.8 Å². The third kappa shape index (κ3) is 8.06. The Morgan fingerprint density at radius 1 is 1.14 bits per heavy atom. The fourth-order valence-corrected chi connectivity index (χ4v) is 5.26. The van der Waals surface area contributed by atoms with Crippen LogP contribution in [0.1, 0.15) is 58.3 Å². The third-order valence-corrected chi connectivity index (χ3v) is 7.09. The van der Waals surface area contributed by atoms with Crippen molar-refractivity contribution in [3.05, 3.63) is 12.2 Å². The Labute approximate surface area is 173 Å². The molecule has 2 fully saturated rings. The largest absolute Gasteiger partial charge is 0.481 e. The van der Waals surface area contributed by atoms with E-state index in [4.69, 9.17) is 9.84 Å². The number of unbranched alkanes of at least 4 members (excludes halogenated alkanes) is 2. The van der Waals surface area contributed by atoms with Crippen LogP contribution in [0.5, 0.6) is 0 Å². The number of carboxylic acid groups (broad SMARTS) is 1. The van der Waals surface area contributed by atoms with E-state index in [2.05, 4.69) is 16.1 Å². The van der Waals surface area contributed by atoms with Crippen LogP contribution < -0.4 is 10.0 Å². The zero-order valence-corrected chi connectivity index (χ0v) is 18.0. The molecule has 0 saturated carbocycles. The van der Waals surface area contributed by atoms with E-state index in [0.29, 0.717) is 25.3 Å². The molecule has 29 heavy (non-hydrogen) atoms. The maximum absolute atomic E-state index is 12.1. The van der Waals surface area contributed by atoms with Crippen LogP contribution in [-0.4, -0.2) is 56.5 Å². The summed E-state index contributed by atoms with van der Waals surface area (Å²) in [4.78, 5) is 22.6. The van der Waals surface area contributed by atoms with Gasteiger partial charge in [-0.05, 0) is 44.4 Å². The second-order valence-electron chi connectivity index (χ2n) is 7.91. The van der Waals surface area contributed by atoms with Crippen LogP contribution in [0.3, 0.4) is 0 Å². The Morgan fingerprint density at radius 3 is 2.55 bits per heavy atom. The molecule has 0 aromatic rings. The number of carbonyl (C=O) groups excluding carboxylic acids is 1. The number of hydrogen-bond donors (Lipinski definition) is 3. The second-order valence-corrected chi connectivity index (χ2v) is 9.84. The Kier molecular flexibility index (Phi) is 9.58. The van der Waals surface area contributed by atoms with Gasteiger partial charge in [-0.2, -0.15) is 0 Å². The van der Waals surface area contributed by atoms with Gasteiger partial charge in [0.2, 0.25) is 15.9 Å². The minimum absolute atomic E-state index is 0.0396. The Morgan fingerprint density at radius 2 is 1.86 bits per heavy atom. The standard InChI is InChI=1S/C20H34N2O6S/c1-2-3-12-29(26,27)22-14-19(23)21-13-16-15(17-10-11-18(16)28-17)8-6-4-5-7-9-20(24)25/h4,6,15-18,22H,2-3,5,7-14H2,1H3,(H,21,23)(H,24,25)/b6-4-/t15-,16+,17-,18+/m1/s1. The highest BCUT2D eigenvalue weighted by atomic mass is 32.2. The van der Waals surface area contributed by atoms with Crippen LogP contribution in [0.2, 0.25) is 0 Å². The number of sulfonamides is 1. The summed E-state index contributed by atoms with van der Waals surface area (Å²) in [6.45, 7) is 2.16. The fourth-order valence-electron chi connectivity index (χ4n) is 4.10. The molecule has 2 rings (SSSR count). The van der Waals surface area contributed by atoms with Gasteiger partial charge < -0.3 is 15.2 Å². The van der Waals surface area contributed by atoms with Gasteiger partial charge >= 0.3 is 5.97 Å². The molecule has 0 spiro atoms. The van der Waals surface area contributed by atoms with Gasteiger partial charge in [0.1, 0.15) is 0 Å². The van der Waals surface area contributed by atoms with Crippen molar-refractivity contribution in [1.82, 2.24) is 10.0 Å². The van der Waals surface area contributed by atoms with Gasteiger partial charge in [-0.1, -0.05) is 25.5 Å². The quantitative estimate of drug-likeness (QED) is 0.285. The summed E-state index contributed by atoms with van der Waals surface area (Å²) >= 11 is 0. The SMILES string of the molecule is CCCCS(=O)(=O)NCC(=O)NC[C@H]1[C@@H](C/C=C\CCCC(=O)O)[C@H]2CC[C@@H]1O2. The van der Waals surface area contributed by atoms with E-state index in [1.54, 1.807) is 0 Å². The summed E-state index contributed by atoms with van der Waals surface area (Å²) < 4.78 is 32.0. The first-order valence-electron chi connectivity index (χ1n) is 10.6. The number of carboxylic acids is 1. The predicted molar refractivity (Wildman–Crippen MR) is 110 cm³/mol. The van der Waals surface area contributed by atoms with E-state index >= 15 is 0 Å². The highest BCUT2D eigenvalue weighted by molar-refractivity contribution is 7.89. The van der Waals surface area contributed by atoms with Crippen LogP contribution in [0.15, 0.2) is 12.2 Å². The molecule has 2 aliphatic heterocycles. The van der Waals surface area contributed by atoms with E-state index in [9.17, 15) is 18.0 Å². The van der Waals surface area contributed by atoms with Gasteiger partial charge in [0.15, 0.2) is 0 Å². The molecule has 4 atom stereocenters. The molecule has 0 unspecified atom stereocenters. The molecule has 2 bridgehead atoms. The first-order valence-corrected chi connectivity index (χ1v) is 12.2. The van der Waals surface area contributed by atoms with Gasteiger partial charge in [0, 0.05) is 18.9 Å². The van der Waals surface area contributed by atoms with Gasteiger partial charge in [-0.15, -0.1) is 0 Å². The van der Waals surface area contributed by atoms with Gasteiger partial charge in [0.05, 0.1) is 24.5 Å². The van der Waals surface area contributed by atoms with Crippen molar-refractivity contribution >= 4 is 21.9 Å². The molecular weight excluding hydrogens is 396 g/mol. The maximum Gasteiger partial charge on any atom is 0.303 e. The lowest BCUT2D eigenvalue weighted by atomic mass is 9.77. The molecule has 0 radical (unpaired) electrons. The molecule has 2 aliphatic rings. The van der Waals surface area contributed by atoms with Crippen LogP contribution >= 0.6 is 0 Å². The minimum Gasteiger partial charge on any atom is -0.481 e. The number of allylic oxidation sites excluding steroid dienone is 2. The number of carbonyl (C=O) groups is 2. The number of fused-ring (bicyclic) bond motifs is 2. The van der Waals surface area contributed by atoms with Gasteiger partial charge in [-0.25, -0.2) is 13.1 Å². The van der Waals surface area contributed by atoms with Gasteiger partial charge in [0.25, 0.3) is 0 Å². The molecule has 2 saturated heterocycles. The minimum atomic E-state index is -3.40. The second kappa shape index (κ2) is 11.7. The molecule has 0 aromatic carbocycles. The molecule has 9 heteroatoms. The molecule has 0 aromatic heterocycles. The molecule has 0 aliphatic carbocycles. The lowest BCUT2D eigenvalue weighted by Crippen LogP contribution is -2.42. The zero-order chi connectivity index (χ0) is 21.3. The summed E-state index contributed by atoms with van der Waals surface area (Å²) in [5.74, 6) is -0.513. The summed E-state index contributed by atoms with van der Waals surface area (Å²) in [6.07, 6.45) is 10.2. The number of hydrogen-bond acceptors (Lipinski definition) is 5. The molecule has 166 valence electrons. The topological polar surface area (TPSA) is 122 Å². The molecule has 3 N–H and O–H groups in total. The van der Waals surface area contributed by atoms with Gasteiger partial charge in [-0.3, -0.25) is 9.59 Å². The van der Waals surface area contributed by atoms with Crippen LogP contribution in [0, 0.1) is 11.8 Å². The number of aliphatic carboxylic acids is 1. The van der Waals surface area contributed by atoms with Crippen molar-refractivity contribution < 1.29 is 27.9 Å². The fraction of sp³-hybridized carbons (Fsp3) is 0.800. The Balaban J connectivity index is 1.74. The van der Waals surface area contributed by atoms with E-state index < -0.39 is 16.0 Å². The average molecular weight is 431 g/mol. The molecule has 2 heterocycles. The summed E-state index contributed by atoms with van der Waals surface area (Å²) in [6, 6.07) is 0. The zero-order valence-electron chi connectivity index (χ0n) is 17.1. The van der Waals surface area contributed by atoms with E-state index in [0.717, 1.165) is 32.1 Å². The van der Waals surface area contributed by atoms with E-state index in [1.807, 2.05) is 13.0 Å². The number of ether oxygens (including phenoxy) is 1. The first-order chi connectivity index (χ1) is 13.8. The summed E-state index contributed by atoms with van der Waals surface area (Å²) in [5, 5.41) is 11.5. The maximum atomic E-state index is 12.1. The van der Waals surface area contributed by atoms with E-state index in [-0.39, 0.29) is 42.8 Å².